The second-order valence-electron chi connectivity index (χ2n) is 5.51. The van der Waals surface area contributed by atoms with Gasteiger partial charge in [0.1, 0.15) is 6.29 Å². The summed E-state index contributed by atoms with van der Waals surface area (Å²) in [4.78, 5) is 10.9. The Labute approximate surface area is 87.3 Å². The van der Waals surface area contributed by atoms with Crippen molar-refractivity contribution in [1.29, 1.82) is 0 Å². The highest BCUT2D eigenvalue weighted by atomic mass is 16.1. The van der Waals surface area contributed by atoms with E-state index in [1.807, 2.05) is 0 Å². The normalized spacial score (nSPS) is 38.6. The van der Waals surface area contributed by atoms with Gasteiger partial charge >= 0.3 is 0 Å². The first kappa shape index (κ1) is 10.2. The molecule has 0 aliphatic heterocycles. The van der Waals surface area contributed by atoms with E-state index in [1.54, 1.807) is 0 Å². The number of carbonyl (C=O) groups is 1. The largest absolute Gasteiger partial charge is 0.303 e. The van der Waals surface area contributed by atoms with Gasteiger partial charge in [0, 0.05) is 5.92 Å². The van der Waals surface area contributed by atoms with Crippen LogP contribution in [0.2, 0.25) is 0 Å². The zero-order chi connectivity index (χ0) is 10.1. The first-order chi connectivity index (χ1) is 6.75. The monoisotopic (exact) mass is 194 g/mol. The van der Waals surface area contributed by atoms with Crippen LogP contribution in [0.15, 0.2) is 0 Å². The van der Waals surface area contributed by atoms with Crippen LogP contribution in [0, 0.1) is 29.6 Å². The van der Waals surface area contributed by atoms with E-state index in [9.17, 15) is 4.79 Å². The Balaban J connectivity index is 1.94. The standard InChI is InChI=1S/C13H22O/c1-9(2)12-11(8-14)13(12)10-6-4-3-5-7-10/h8-13H,3-7H2,1-2H3/t11-,12+,13-/m0/s1. The minimum atomic E-state index is 0.415. The Bertz CT molecular complexity index is 203. The van der Waals surface area contributed by atoms with Gasteiger partial charge in [0.2, 0.25) is 0 Å². The maximum absolute atomic E-state index is 10.9. The van der Waals surface area contributed by atoms with E-state index >= 15 is 0 Å². The number of carbonyl (C=O) groups excluding carboxylic acids is 1. The van der Waals surface area contributed by atoms with Crippen molar-refractivity contribution in [3.05, 3.63) is 0 Å². The van der Waals surface area contributed by atoms with Gasteiger partial charge in [-0.15, -0.1) is 0 Å². The Hall–Kier alpha value is -0.330. The van der Waals surface area contributed by atoms with Crippen LogP contribution >= 0.6 is 0 Å². The zero-order valence-electron chi connectivity index (χ0n) is 9.41. The summed E-state index contributed by atoms with van der Waals surface area (Å²) in [6.07, 6.45) is 8.22. The molecular formula is C13H22O. The highest BCUT2D eigenvalue weighted by Gasteiger charge is 2.54. The number of aldehydes is 1. The van der Waals surface area contributed by atoms with Crippen molar-refractivity contribution in [3.63, 3.8) is 0 Å². The van der Waals surface area contributed by atoms with Gasteiger partial charge in [0.05, 0.1) is 0 Å². The molecule has 0 unspecified atom stereocenters. The average Bonchev–Trinajstić information content (AvgIpc) is 2.93. The van der Waals surface area contributed by atoms with Crippen LogP contribution in [-0.2, 0) is 4.79 Å². The lowest BCUT2D eigenvalue weighted by Gasteiger charge is -2.22. The van der Waals surface area contributed by atoms with E-state index in [1.165, 1.54) is 38.4 Å². The molecule has 2 saturated carbocycles. The fraction of sp³-hybridized carbons (Fsp3) is 0.923. The molecular weight excluding hydrogens is 172 g/mol. The van der Waals surface area contributed by atoms with Gasteiger partial charge in [0.25, 0.3) is 0 Å². The average molecular weight is 194 g/mol. The molecule has 0 bridgehead atoms. The van der Waals surface area contributed by atoms with E-state index in [-0.39, 0.29) is 0 Å². The third-order valence-electron chi connectivity index (χ3n) is 4.31. The lowest BCUT2D eigenvalue weighted by molar-refractivity contribution is -0.109. The molecule has 2 rings (SSSR count). The van der Waals surface area contributed by atoms with Gasteiger partial charge in [-0.3, -0.25) is 0 Å². The molecule has 0 spiro atoms. The first-order valence-electron chi connectivity index (χ1n) is 6.21. The summed E-state index contributed by atoms with van der Waals surface area (Å²) >= 11 is 0. The Morgan fingerprint density at radius 1 is 1.14 bits per heavy atom. The molecule has 2 fully saturated rings. The van der Waals surface area contributed by atoms with Crippen LogP contribution in [0.4, 0.5) is 0 Å². The molecule has 0 N–H and O–H groups in total. The number of hydrogen-bond donors (Lipinski definition) is 0. The van der Waals surface area contributed by atoms with E-state index in [0.29, 0.717) is 11.8 Å². The van der Waals surface area contributed by atoms with Crippen molar-refractivity contribution >= 4 is 6.29 Å². The van der Waals surface area contributed by atoms with Gasteiger partial charge in [-0.25, -0.2) is 0 Å². The van der Waals surface area contributed by atoms with Gasteiger partial charge < -0.3 is 4.79 Å². The van der Waals surface area contributed by atoms with Crippen molar-refractivity contribution < 1.29 is 4.79 Å². The van der Waals surface area contributed by atoms with Gasteiger partial charge in [-0.1, -0.05) is 46.0 Å². The van der Waals surface area contributed by atoms with Crippen molar-refractivity contribution in [2.45, 2.75) is 46.0 Å². The fourth-order valence-electron chi connectivity index (χ4n) is 3.60. The number of rotatable bonds is 3. The molecule has 1 nitrogen and oxygen atoms in total. The molecule has 14 heavy (non-hydrogen) atoms. The van der Waals surface area contributed by atoms with Crippen molar-refractivity contribution in [3.8, 4) is 0 Å². The molecule has 1 heteroatoms. The van der Waals surface area contributed by atoms with E-state index in [2.05, 4.69) is 13.8 Å². The van der Waals surface area contributed by atoms with E-state index in [0.717, 1.165) is 17.8 Å². The second-order valence-corrected chi connectivity index (χ2v) is 5.51. The van der Waals surface area contributed by atoms with E-state index in [4.69, 9.17) is 0 Å². The fourth-order valence-corrected chi connectivity index (χ4v) is 3.60. The molecule has 3 atom stereocenters. The summed E-state index contributed by atoms with van der Waals surface area (Å²) in [6, 6.07) is 0. The highest BCUT2D eigenvalue weighted by Crippen LogP contribution is 2.56. The quantitative estimate of drug-likeness (QED) is 0.630. The minimum absolute atomic E-state index is 0.415. The van der Waals surface area contributed by atoms with Crippen molar-refractivity contribution in [2.75, 3.05) is 0 Å². The topological polar surface area (TPSA) is 17.1 Å². The lowest BCUT2D eigenvalue weighted by atomic mass is 9.84. The summed E-state index contributed by atoms with van der Waals surface area (Å²) in [7, 11) is 0. The Kier molecular flexibility index (Phi) is 2.94. The summed E-state index contributed by atoms with van der Waals surface area (Å²) < 4.78 is 0. The van der Waals surface area contributed by atoms with Crippen molar-refractivity contribution in [1.82, 2.24) is 0 Å². The second kappa shape index (κ2) is 4.04. The Morgan fingerprint density at radius 2 is 1.79 bits per heavy atom. The Morgan fingerprint density at radius 3 is 2.21 bits per heavy atom. The third kappa shape index (κ3) is 1.74. The molecule has 2 aliphatic rings. The smallest absolute Gasteiger partial charge is 0.123 e. The van der Waals surface area contributed by atoms with Crippen LogP contribution in [0.5, 0.6) is 0 Å². The molecule has 0 amide bonds. The molecule has 0 aromatic heterocycles. The van der Waals surface area contributed by atoms with Crippen LogP contribution in [0.1, 0.15) is 46.0 Å². The molecule has 0 heterocycles. The highest BCUT2D eigenvalue weighted by molar-refractivity contribution is 5.59. The van der Waals surface area contributed by atoms with Crippen LogP contribution < -0.4 is 0 Å². The molecule has 0 saturated heterocycles. The minimum Gasteiger partial charge on any atom is -0.303 e. The predicted octanol–water partition coefficient (Wildman–Crippen LogP) is 3.28. The third-order valence-corrected chi connectivity index (χ3v) is 4.31. The maximum Gasteiger partial charge on any atom is 0.123 e. The molecule has 0 aromatic carbocycles. The molecule has 0 aromatic rings. The van der Waals surface area contributed by atoms with Crippen LogP contribution in [-0.4, -0.2) is 6.29 Å². The van der Waals surface area contributed by atoms with Gasteiger partial charge in [-0.05, 0) is 23.7 Å². The maximum atomic E-state index is 10.9. The SMILES string of the molecule is CC(C)[C@@H]1[C@H](C=O)[C@@H]1C1CCCCC1. The molecule has 0 radical (unpaired) electrons. The van der Waals surface area contributed by atoms with E-state index < -0.39 is 0 Å². The predicted molar refractivity (Wildman–Crippen MR) is 57.9 cm³/mol. The summed E-state index contributed by atoms with van der Waals surface area (Å²) in [5, 5.41) is 0. The number of hydrogen-bond acceptors (Lipinski definition) is 1. The van der Waals surface area contributed by atoms with Gasteiger partial charge in [-0.2, -0.15) is 0 Å². The summed E-state index contributed by atoms with van der Waals surface area (Å²) in [6.45, 7) is 4.54. The molecule has 80 valence electrons. The molecule has 2 aliphatic carbocycles. The first-order valence-corrected chi connectivity index (χ1v) is 6.21. The van der Waals surface area contributed by atoms with Crippen LogP contribution in [0.3, 0.4) is 0 Å². The summed E-state index contributed by atoms with van der Waals surface area (Å²) in [5.74, 6) is 3.48. The van der Waals surface area contributed by atoms with Crippen LogP contribution in [0.25, 0.3) is 0 Å². The van der Waals surface area contributed by atoms with Gasteiger partial charge in [0.15, 0.2) is 0 Å². The van der Waals surface area contributed by atoms with Crippen molar-refractivity contribution in [2.24, 2.45) is 29.6 Å². The summed E-state index contributed by atoms with van der Waals surface area (Å²) in [5.41, 5.74) is 0. The zero-order valence-corrected chi connectivity index (χ0v) is 9.41. The lowest BCUT2D eigenvalue weighted by Crippen LogP contribution is -2.11.